The first-order valence-electron chi connectivity index (χ1n) is 25.5. The third kappa shape index (κ3) is 14.8. The van der Waals surface area contributed by atoms with E-state index in [1.54, 1.807) is 63.2 Å². The molecule has 0 aliphatic carbocycles. The molecule has 72 heavy (non-hydrogen) atoms. The molecule has 5 rings (SSSR count). The van der Waals surface area contributed by atoms with Gasteiger partial charge >= 0.3 is 5.97 Å². The van der Waals surface area contributed by atoms with Gasteiger partial charge in [0.1, 0.15) is 60.2 Å². The Morgan fingerprint density at radius 3 is 1.81 bits per heavy atom. The van der Waals surface area contributed by atoms with Gasteiger partial charge in [-0.05, 0) is 86.5 Å². The number of hydrogen-bond acceptors (Lipinski definition) is 11. The molecule has 3 aliphatic rings. The molecule has 5 unspecified atom stereocenters. The highest BCUT2D eigenvalue weighted by Gasteiger charge is 2.46. The highest BCUT2D eigenvalue weighted by Crippen LogP contribution is 2.27. The van der Waals surface area contributed by atoms with Crippen molar-refractivity contribution in [3.63, 3.8) is 0 Å². The van der Waals surface area contributed by atoms with Gasteiger partial charge in [0.2, 0.25) is 47.3 Å². The number of amides is 8. The van der Waals surface area contributed by atoms with Gasteiger partial charge in [-0.25, -0.2) is 4.79 Å². The number of esters is 1. The van der Waals surface area contributed by atoms with Crippen LogP contribution in [-0.4, -0.2) is 148 Å². The van der Waals surface area contributed by atoms with Gasteiger partial charge in [-0.2, -0.15) is 0 Å². The van der Waals surface area contributed by atoms with Crippen molar-refractivity contribution in [1.82, 2.24) is 41.3 Å². The maximum atomic E-state index is 14.7. The lowest BCUT2D eigenvalue weighted by Gasteiger charge is -2.35. The minimum Gasteiger partial charge on any atom is -0.508 e. The molecule has 6 N–H and O–H groups in total. The summed E-state index contributed by atoms with van der Waals surface area (Å²) in [5.74, 6) is -6.66. The van der Waals surface area contributed by atoms with Crippen LogP contribution in [0.5, 0.6) is 5.75 Å². The molecular formula is C53H76N8O11. The Kier molecular flexibility index (Phi) is 20.1. The molecule has 0 saturated carbocycles. The summed E-state index contributed by atoms with van der Waals surface area (Å²) in [6.07, 6.45) is 0.282. The number of rotatable bonds is 11. The Labute approximate surface area is 423 Å². The van der Waals surface area contributed by atoms with Crippen LogP contribution in [-0.2, 0) is 60.7 Å². The second kappa shape index (κ2) is 25.7. The summed E-state index contributed by atoms with van der Waals surface area (Å²) in [4.78, 5) is 134. The van der Waals surface area contributed by atoms with Crippen LogP contribution in [0.15, 0.2) is 54.6 Å². The fourth-order valence-electron chi connectivity index (χ4n) is 9.62. The zero-order chi connectivity index (χ0) is 53.0. The number of likely N-dealkylation sites (N-methyl/N-ethyl adjacent to an activating group) is 1. The molecule has 8 amide bonds. The Hall–Kier alpha value is -6.53. The smallest absolute Gasteiger partial charge is 0.329 e. The highest BCUT2D eigenvalue weighted by atomic mass is 16.5. The molecule has 0 spiro atoms. The predicted octanol–water partition coefficient (Wildman–Crippen LogP) is 2.51. The predicted molar refractivity (Wildman–Crippen MR) is 267 cm³/mol. The maximum absolute atomic E-state index is 14.7. The average Bonchev–Trinajstić information content (AvgIpc) is 4.04. The number of nitrogens with one attached hydrogen (secondary N) is 5. The van der Waals surface area contributed by atoms with Crippen LogP contribution in [0, 0.1) is 17.8 Å². The molecule has 0 radical (unpaired) electrons. The van der Waals surface area contributed by atoms with Gasteiger partial charge in [0.05, 0.1) is 0 Å². The van der Waals surface area contributed by atoms with E-state index in [9.17, 15) is 48.3 Å². The highest BCUT2D eigenvalue weighted by molar-refractivity contribution is 5.99. The van der Waals surface area contributed by atoms with Crippen LogP contribution < -0.4 is 26.6 Å². The molecule has 2 aromatic rings. The third-order valence-electron chi connectivity index (χ3n) is 13.6. The number of aromatic hydroxyl groups is 1. The molecular weight excluding hydrogens is 925 g/mol. The standard InChI is InChI=1S/C53H76N8O11/c1-10-43(63)57-45-33(8)72-53(71)42(29-35-20-22-36(62)23-21-35)59(9)50(68)39(27-31(4)5)56-48(66)40-18-14-24-60(40)51(69)41-19-15-25-61(41)52(70)44(32(6)7)58-47(65)37(26-30(2)3)54-46(64)38(55-49(45)67)28-34-16-12-11-13-17-34/h11-13,16-17,20-23,30-33,37-42,44-45,62H,10,14-15,18-19,24-29H2,1-9H3,(H,54,64)(H,55,67)(H,56,66)(H,57,63)(H,58,65)/t33?,37-,38?,39?,40-,41-,42-,44?,45?/m0/s1. The number of hydrogen-bond donors (Lipinski definition) is 6. The van der Waals surface area contributed by atoms with Crippen molar-refractivity contribution < 1.29 is 53.0 Å². The number of ether oxygens (including phenoxy) is 1. The second-order valence-corrected chi connectivity index (χ2v) is 20.6. The first kappa shape index (κ1) is 56.4. The SMILES string of the molecule is CCC(=O)NC1C(=O)NC(Cc2ccccc2)C(=O)N[C@@H](CC(C)C)C(=O)NC(C(C)C)C(=O)N2CCC[C@H]2C(=O)N2CCC[C@H]2C(=O)NC(CC(C)C)C(=O)N(C)[C@@H](Cc2ccc(O)cc2)C(=O)OC1C. The summed E-state index contributed by atoms with van der Waals surface area (Å²) < 4.78 is 6.02. The van der Waals surface area contributed by atoms with Gasteiger partial charge in [0.25, 0.3) is 0 Å². The van der Waals surface area contributed by atoms with E-state index in [1.807, 2.05) is 27.7 Å². The molecule has 3 aliphatic heterocycles. The normalized spacial score (nSPS) is 26.8. The van der Waals surface area contributed by atoms with E-state index in [-0.39, 0.29) is 62.8 Å². The summed E-state index contributed by atoms with van der Waals surface area (Å²) in [5.41, 5.74) is 1.18. The summed E-state index contributed by atoms with van der Waals surface area (Å²) in [7, 11) is 1.40. The summed E-state index contributed by atoms with van der Waals surface area (Å²) >= 11 is 0. The molecule has 19 nitrogen and oxygen atoms in total. The van der Waals surface area contributed by atoms with Crippen molar-refractivity contribution in [3.05, 3.63) is 65.7 Å². The van der Waals surface area contributed by atoms with Crippen LogP contribution in [0.1, 0.15) is 111 Å². The minimum absolute atomic E-state index is 0.0340. The van der Waals surface area contributed by atoms with E-state index in [0.717, 1.165) is 0 Å². The van der Waals surface area contributed by atoms with E-state index in [1.165, 1.54) is 40.8 Å². The number of nitrogens with zero attached hydrogens (tertiary/aromatic N) is 3. The number of cyclic esters (lactones) is 1. The van der Waals surface area contributed by atoms with Crippen LogP contribution in [0.2, 0.25) is 0 Å². The van der Waals surface area contributed by atoms with Gasteiger partial charge in [0.15, 0.2) is 0 Å². The molecule has 3 saturated heterocycles. The van der Waals surface area contributed by atoms with Crippen LogP contribution in [0.3, 0.4) is 0 Å². The van der Waals surface area contributed by atoms with E-state index in [4.69, 9.17) is 4.74 Å². The molecule has 394 valence electrons. The van der Waals surface area contributed by atoms with Crippen molar-refractivity contribution in [2.75, 3.05) is 20.1 Å². The number of benzene rings is 2. The first-order chi connectivity index (χ1) is 34.1. The fraction of sp³-hybridized carbons (Fsp3) is 0.604. The molecule has 0 aromatic heterocycles. The summed E-state index contributed by atoms with van der Waals surface area (Å²) in [5, 5.41) is 24.1. The lowest BCUT2D eigenvalue weighted by atomic mass is 9.98. The van der Waals surface area contributed by atoms with Crippen molar-refractivity contribution in [3.8, 4) is 5.75 Å². The lowest BCUT2D eigenvalue weighted by molar-refractivity contribution is -0.161. The monoisotopic (exact) mass is 1000 g/mol. The van der Waals surface area contributed by atoms with Crippen LogP contribution in [0.4, 0.5) is 0 Å². The molecule has 3 heterocycles. The van der Waals surface area contributed by atoms with E-state index < -0.39 is 114 Å². The molecule has 3 fully saturated rings. The summed E-state index contributed by atoms with van der Waals surface area (Å²) in [6.45, 7) is 14.4. The van der Waals surface area contributed by atoms with Crippen molar-refractivity contribution in [1.29, 1.82) is 0 Å². The largest absolute Gasteiger partial charge is 0.508 e. The zero-order valence-corrected chi connectivity index (χ0v) is 43.3. The summed E-state index contributed by atoms with van der Waals surface area (Å²) in [6, 6.07) is 5.20. The lowest BCUT2D eigenvalue weighted by Crippen LogP contribution is -2.61. The topological polar surface area (TPSA) is 253 Å². The van der Waals surface area contributed by atoms with Gasteiger partial charge in [-0.15, -0.1) is 0 Å². The molecule has 2 aromatic carbocycles. The van der Waals surface area contributed by atoms with Crippen molar-refractivity contribution >= 4 is 53.2 Å². The van der Waals surface area contributed by atoms with Gasteiger partial charge in [0, 0.05) is 39.4 Å². The average molecular weight is 1000 g/mol. The third-order valence-corrected chi connectivity index (χ3v) is 13.6. The first-order valence-corrected chi connectivity index (χ1v) is 25.5. The maximum Gasteiger partial charge on any atom is 0.329 e. The Balaban J connectivity index is 1.62. The van der Waals surface area contributed by atoms with Crippen molar-refractivity contribution in [2.24, 2.45) is 17.8 Å². The van der Waals surface area contributed by atoms with Crippen molar-refractivity contribution in [2.45, 2.75) is 168 Å². The molecule has 0 bridgehead atoms. The minimum atomic E-state index is -1.57. The second-order valence-electron chi connectivity index (χ2n) is 20.6. The van der Waals surface area contributed by atoms with E-state index >= 15 is 0 Å². The molecule has 19 heteroatoms. The number of carbonyl (C=O) groups is 9. The fourth-order valence-corrected chi connectivity index (χ4v) is 9.62. The number of phenols is 1. The van der Waals surface area contributed by atoms with Crippen LogP contribution in [0.25, 0.3) is 0 Å². The Morgan fingerprint density at radius 2 is 1.21 bits per heavy atom. The zero-order valence-electron chi connectivity index (χ0n) is 43.3. The Bertz CT molecular complexity index is 2260. The van der Waals surface area contributed by atoms with Gasteiger partial charge < -0.3 is 51.1 Å². The van der Waals surface area contributed by atoms with E-state index in [2.05, 4.69) is 26.6 Å². The number of carbonyl (C=O) groups excluding carboxylic acids is 9. The quantitative estimate of drug-likeness (QED) is 0.179. The molecule has 9 atom stereocenters. The van der Waals surface area contributed by atoms with Gasteiger partial charge in [-0.1, -0.05) is 90.9 Å². The van der Waals surface area contributed by atoms with Crippen LogP contribution >= 0.6 is 0 Å². The van der Waals surface area contributed by atoms with E-state index in [0.29, 0.717) is 36.8 Å². The number of fused-ring (bicyclic) bond motifs is 2. The Morgan fingerprint density at radius 1 is 0.667 bits per heavy atom. The number of phenolic OH excluding ortho intramolecular Hbond substituents is 1. The van der Waals surface area contributed by atoms with Gasteiger partial charge in [-0.3, -0.25) is 38.4 Å².